The summed E-state index contributed by atoms with van der Waals surface area (Å²) in [5, 5.41) is 8.89. The van der Waals surface area contributed by atoms with Crippen LogP contribution in [-0.4, -0.2) is 23.3 Å². The largest absolute Gasteiger partial charge is 0.356 e. The van der Waals surface area contributed by atoms with Gasteiger partial charge in [0.25, 0.3) is 0 Å². The summed E-state index contributed by atoms with van der Waals surface area (Å²) in [7, 11) is 0. The SMILES string of the molecule is Cc1nc(CCNC(=O)CCC2Cc3ccccc3NC2=O)cs1. The number of hydrogen-bond donors (Lipinski definition) is 2. The lowest BCUT2D eigenvalue weighted by Gasteiger charge is -2.24. The van der Waals surface area contributed by atoms with Crippen LogP contribution in [0, 0.1) is 12.8 Å². The second kappa shape index (κ2) is 7.57. The minimum atomic E-state index is -0.133. The van der Waals surface area contributed by atoms with Crippen LogP contribution in [0.3, 0.4) is 0 Å². The van der Waals surface area contributed by atoms with Crippen LogP contribution >= 0.6 is 11.3 Å². The molecule has 6 heteroatoms. The molecule has 126 valence electrons. The summed E-state index contributed by atoms with van der Waals surface area (Å²) in [6, 6.07) is 7.82. The predicted molar refractivity (Wildman–Crippen MR) is 95.1 cm³/mol. The van der Waals surface area contributed by atoms with Gasteiger partial charge in [-0.2, -0.15) is 0 Å². The van der Waals surface area contributed by atoms with Crippen LogP contribution in [0.15, 0.2) is 29.6 Å². The Bertz CT molecular complexity index is 741. The first kappa shape index (κ1) is 16.6. The molecule has 3 rings (SSSR count). The number of anilines is 1. The minimum absolute atomic E-state index is 0.00592. The summed E-state index contributed by atoms with van der Waals surface area (Å²) in [4.78, 5) is 28.5. The van der Waals surface area contributed by atoms with Gasteiger partial charge in [-0.05, 0) is 31.4 Å². The Balaban J connectivity index is 1.42. The number of nitrogens with zero attached hydrogens (tertiary/aromatic N) is 1. The zero-order valence-electron chi connectivity index (χ0n) is 13.7. The molecule has 0 bridgehead atoms. The van der Waals surface area contributed by atoms with Crippen LogP contribution < -0.4 is 10.6 Å². The third-order valence-electron chi connectivity index (χ3n) is 4.20. The Labute approximate surface area is 145 Å². The van der Waals surface area contributed by atoms with Crippen LogP contribution in [0.1, 0.15) is 29.1 Å². The number of fused-ring (bicyclic) bond motifs is 1. The molecule has 0 saturated carbocycles. The van der Waals surface area contributed by atoms with Gasteiger partial charge in [-0.1, -0.05) is 18.2 Å². The highest BCUT2D eigenvalue weighted by atomic mass is 32.1. The zero-order valence-corrected chi connectivity index (χ0v) is 14.5. The molecule has 0 saturated heterocycles. The second-order valence-electron chi connectivity index (χ2n) is 6.04. The molecule has 1 aliphatic heterocycles. The summed E-state index contributed by atoms with van der Waals surface area (Å²) < 4.78 is 0. The van der Waals surface area contributed by atoms with E-state index in [1.54, 1.807) is 11.3 Å². The van der Waals surface area contributed by atoms with Gasteiger partial charge in [0.2, 0.25) is 11.8 Å². The summed E-state index contributed by atoms with van der Waals surface area (Å²) in [6.45, 7) is 2.56. The van der Waals surface area contributed by atoms with Gasteiger partial charge >= 0.3 is 0 Å². The van der Waals surface area contributed by atoms with E-state index in [2.05, 4.69) is 15.6 Å². The molecular formula is C18H21N3O2S. The van der Waals surface area contributed by atoms with Crippen molar-refractivity contribution in [1.29, 1.82) is 0 Å². The lowest BCUT2D eigenvalue weighted by Crippen LogP contribution is -2.32. The van der Waals surface area contributed by atoms with Crippen molar-refractivity contribution in [2.24, 2.45) is 5.92 Å². The first-order valence-corrected chi connectivity index (χ1v) is 9.06. The van der Waals surface area contributed by atoms with Crippen molar-refractivity contribution in [3.05, 3.63) is 45.9 Å². The third kappa shape index (κ3) is 4.20. The molecule has 0 aliphatic carbocycles. The van der Waals surface area contributed by atoms with Gasteiger partial charge in [-0.3, -0.25) is 9.59 Å². The highest BCUT2D eigenvalue weighted by Crippen LogP contribution is 2.27. The molecule has 1 aromatic heterocycles. The fraction of sp³-hybridized carbons (Fsp3) is 0.389. The van der Waals surface area contributed by atoms with Crippen LogP contribution in [0.4, 0.5) is 5.69 Å². The van der Waals surface area contributed by atoms with Crippen molar-refractivity contribution in [2.45, 2.75) is 32.6 Å². The standard InChI is InChI=1S/C18H21N3O2S/c1-12-20-15(11-24-12)8-9-19-17(22)7-6-14-10-13-4-2-3-5-16(13)21-18(14)23/h2-5,11,14H,6-10H2,1H3,(H,19,22)(H,21,23). The monoisotopic (exact) mass is 343 g/mol. The van der Waals surface area contributed by atoms with E-state index in [1.165, 1.54) is 0 Å². The fourth-order valence-electron chi connectivity index (χ4n) is 2.89. The first-order valence-electron chi connectivity index (χ1n) is 8.18. The molecular weight excluding hydrogens is 322 g/mol. The molecule has 0 fully saturated rings. The number of benzene rings is 1. The summed E-state index contributed by atoms with van der Waals surface area (Å²) >= 11 is 1.62. The Hall–Kier alpha value is -2.21. The number of hydrogen-bond acceptors (Lipinski definition) is 4. The number of rotatable bonds is 6. The van der Waals surface area contributed by atoms with Gasteiger partial charge in [0, 0.05) is 36.4 Å². The van der Waals surface area contributed by atoms with E-state index in [9.17, 15) is 9.59 Å². The molecule has 0 spiro atoms. The van der Waals surface area contributed by atoms with Gasteiger partial charge < -0.3 is 10.6 Å². The fourth-order valence-corrected chi connectivity index (χ4v) is 3.54. The van der Waals surface area contributed by atoms with Crippen LogP contribution in [0.25, 0.3) is 0 Å². The molecule has 1 aromatic carbocycles. The molecule has 2 N–H and O–H groups in total. The topological polar surface area (TPSA) is 71.1 Å². The zero-order chi connectivity index (χ0) is 16.9. The number of amides is 2. The van der Waals surface area contributed by atoms with Crippen LogP contribution in [0.5, 0.6) is 0 Å². The summed E-state index contributed by atoms with van der Waals surface area (Å²) in [5.74, 6) is -0.125. The van der Waals surface area contributed by atoms with E-state index in [0.29, 0.717) is 25.8 Å². The van der Waals surface area contributed by atoms with E-state index in [0.717, 1.165) is 28.4 Å². The Morgan fingerprint density at radius 1 is 1.42 bits per heavy atom. The Kier molecular flexibility index (Phi) is 5.25. The average Bonchev–Trinajstić information content (AvgIpc) is 2.98. The average molecular weight is 343 g/mol. The van der Waals surface area contributed by atoms with Gasteiger partial charge in [0.1, 0.15) is 0 Å². The van der Waals surface area contributed by atoms with Gasteiger partial charge in [-0.15, -0.1) is 11.3 Å². The number of nitrogens with one attached hydrogen (secondary N) is 2. The smallest absolute Gasteiger partial charge is 0.227 e. The molecule has 1 unspecified atom stereocenters. The predicted octanol–water partition coefficient (Wildman–Crippen LogP) is 2.70. The number of carbonyl (C=O) groups excluding carboxylic acids is 2. The molecule has 5 nitrogen and oxygen atoms in total. The van der Waals surface area contributed by atoms with E-state index in [1.807, 2.05) is 36.6 Å². The van der Waals surface area contributed by atoms with Crippen molar-refractivity contribution in [3.8, 4) is 0 Å². The minimum Gasteiger partial charge on any atom is -0.356 e. The molecule has 2 aromatic rings. The lowest BCUT2D eigenvalue weighted by atomic mass is 9.89. The van der Waals surface area contributed by atoms with Crippen LogP contribution in [0.2, 0.25) is 0 Å². The van der Waals surface area contributed by atoms with Crippen molar-refractivity contribution in [1.82, 2.24) is 10.3 Å². The second-order valence-corrected chi connectivity index (χ2v) is 7.11. The Morgan fingerprint density at radius 2 is 2.25 bits per heavy atom. The van der Waals surface area contributed by atoms with E-state index >= 15 is 0 Å². The van der Waals surface area contributed by atoms with Crippen molar-refractivity contribution < 1.29 is 9.59 Å². The number of carbonyl (C=O) groups is 2. The lowest BCUT2D eigenvalue weighted by molar-refractivity contribution is -0.122. The van der Waals surface area contributed by atoms with E-state index in [-0.39, 0.29) is 17.7 Å². The van der Waals surface area contributed by atoms with E-state index < -0.39 is 0 Å². The number of thiazole rings is 1. The van der Waals surface area contributed by atoms with Crippen molar-refractivity contribution >= 4 is 28.8 Å². The quantitative estimate of drug-likeness (QED) is 0.847. The first-order chi connectivity index (χ1) is 11.6. The van der Waals surface area contributed by atoms with Gasteiger partial charge in [0.15, 0.2) is 0 Å². The number of aromatic nitrogens is 1. The van der Waals surface area contributed by atoms with Crippen molar-refractivity contribution in [2.75, 3.05) is 11.9 Å². The summed E-state index contributed by atoms with van der Waals surface area (Å²) in [6.07, 6.45) is 2.39. The molecule has 1 aliphatic rings. The van der Waals surface area contributed by atoms with Crippen molar-refractivity contribution in [3.63, 3.8) is 0 Å². The summed E-state index contributed by atoms with van der Waals surface area (Å²) in [5.41, 5.74) is 3.05. The maximum atomic E-state index is 12.1. The number of aryl methyl sites for hydroxylation is 1. The van der Waals surface area contributed by atoms with Gasteiger partial charge in [-0.25, -0.2) is 4.98 Å². The normalized spacial score (nSPS) is 16.4. The number of para-hydroxylation sites is 1. The van der Waals surface area contributed by atoms with Gasteiger partial charge in [0.05, 0.1) is 10.7 Å². The molecule has 1 atom stereocenters. The molecule has 2 heterocycles. The maximum Gasteiger partial charge on any atom is 0.227 e. The Morgan fingerprint density at radius 3 is 3.04 bits per heavy atom. The highest BCUT2D eigenvalue weighted by molar-refractivity contribution is 7.09. The molecule has 2 amide bonds. The maximum absolute atomic E-state index is 12.1. The van der Waals surface area contributed by atoms with Crippen LogP contribution in [-0.2, 0) is 22.4 Å². The van der Waals surface area contributed by atoms with E-state index in [4.69, 9.17) is 0 Å². The molecule has 24 heavy (non-hydrogen) atoms. The molecule has 0 radical (unpaired) electrons. The highest BCUT2D eigenvalue weighted by Gasteiger charge is 2.26. The third-order valence-corrected chi connectivity index (χ3v) is 5.02.